The van der Waals surface area contributed by atoms with Crippen molar-refractivity contribution in [2.24, 2.45) is 11.1 Å². The fourth-order valence-electron chi connectivity index (χ4n) is 1.44. The Bertz CT molecular complexity index is 481. The second-order valence-corrected chi connectivity index (χ2v) is 6.03. The smallest absolute Gasteiger partial charge is 0.251 e. The lowest BCUT2D eigenvalue weighted by atomic mass is 9.87. The van der Waals surface area contributed by atoms with Crippen LogP contribution in [0.15, 0.2) is 16.0 Å². The molecule has 0 aromatic carbocycles. The molecule has 0 unspecified atom stereocenters. The predicted octanol–water partition coefficient (Wildman–Crippen LogP) is 1.91. The summed E-state index contributed by atoms with van der Waals surface area (Å²) in [4.78, 5) is 18.2. The number of aryl methyl sites for hydroxylation is 1. The molecule has 0 amide bonds. The second kappa shape index (κ2) is 6.04. The van der Waals surface area contributed by atoms with Gasteiger partial charge >= 0.3 is 0 Å². The fraction of sp³-hybridized carbons (Fsp3) is 0.583. The van der Waals surface area contributed by atoms with E-state index in [4.69, 9.17) is 11.1 Å². The third-order valence-corrected chi connectivity index (χ3v) is 3.72. The summed E-state index contributed by atoms with van der Waals surface area (Å²) in [5.74, 6) is 1.07. The highest BCUT2D eigenvalue weighted by atomic mass is 32.2. The first-order valence-electron chi connectivity index (χ1n) is 5.86. The summed E-state index contributed by atoms with van der Waals surface area (Å²) in [6.07, 6.45) is 1.78. The number of nitrogens with two attached hydrogens (primary N) is 1. The van der Waals surface area contributed by atoms with E-state index in [2.05, 4.69) is 9.97 Å². The quantitative estimate of drug-likeness (QED) is 0.241. The van der Waals surface area contributed by atoms with Gasteiger partial charge in [-0.3, -0.25) is 10.2 Å². The first-order valence-corrected chi connectivity index (χ1v) is 6.85. The van der Waals surface area contributed by atoms with Crippen LogP contribution in [0.3, 0.4) is 0 Å². The molecule has 1 aromatic heterocycles. The first kappa shape index (κ1) is 14.8. The van der Waals surface area contributed by atoms with Crippen LogP contribution in [0, 0.1) is 17.7 Å². The summed E-state index contributed by atoms with van der Waals surface area (Å²) in [5.41, 5.74) is 5.87. The van der Waals surface area contributed by atoms with Gasteiger partial charge in [-0.15, -0.1) is 0 Å². The maximum absolute atomic E-state index is 11.2. The number of rotatable bonds is 6. The molecular weight excluding hydrogens is 248 g/mol. The van der Waals surface area contributed by atoms with Crippen molar-refractivity contribution >= 4 is 17.6 Å². The van der Waals surface area contributed by atoms with Crippen molar-refractivity contribution in [3.8, 4) is 0 Å². The highest BCUT2D eigenvalue weighted by Gasteiger charge is 2.20. The van der Waals surface area contributed by atoms with Crippen LogP contribution in [0.2, 0.25) is 0 Å². The Balaban J connectivity index is 2.43. The zero-order valence-corrected chi connectivity index (χ0v) is 11.9. The standard InChI is InChI=1S/C12H20N4OS/c1-8-7-9(17)16-11(15-8)18-6-4-5-12(2,3)10(13)14/h7H,4-6H2,1-3H3,(H3,13,14)(H,15,16,17). The van der Waals surface area contributed by atoms with E-state index in [1.54, 1.807) is 6.92 Å². The van der Waals surface area contributed by atoms with Gasteiger partial charge in [-0.25, -0.2) is 4.98 Å². The molecule has 0 aliphatic rings. The molecule has 5 nitrogen and oxygen atoms in total. The minimum absolute atomic E-state index is 0.117. The Labute approximate surface area is 111 Å². The summed E-state index contributed by atoms with van der Waals surface area (Å²) in [7, 11) is 0. The molecule has 0 aliphatic heterocycles. The van der Waals surface area contributed by atoms with Crippen molar-refractivity contribution in [3.63, 3.8) is 0 Å². The van der Waals surface area contributed by atoms with E-state index in [0.29, 0.717) is 5.16 Å². The van der Waals surface area contributed by atoms with Gasteiger partial charge in [0.1, 0.15) is 0 Å². The van der Waals surface area contributed by atoms with Crippen molar-refractivity contribution in [1.82, 2.24) is 9.97 Å². The lowest BCUT2D eigenvalue weighted by Crippen LogP contribution is -2.30. The van der Waals surface area contributed by atoms with Gasteiger partial charge in [0.2, 0.25) is 0 Å². The fourth-order valence-corrected chi connectivity index (χ4v) is 2.30. The molecule has 100 valence electrons. The molecule has 6 heteroatoms. The number of amidine groups is 1. The summed E-state index contributed by atoms with van der Waals surface area (Å²) in [6.45, 7) is 5.73. The predicted molar refractivity (Wildman–Crippen MR) is 75.2 cm³/mol. The molecule has 0 spiro atoms. The molecule has 0 atom stereocenters. The van der Waals surface area contributed by atoms with E-state index in [1.807, 2.05) is 13.8 Å². The van der Waals surface area contributed by atoms with Gasteiger partial charge < -0.3 is 10.7 Å². The minimum Gasteiger partial charge on any atom is -0.387 e. The van der Waals surface area contributed by atoms with E-state index in [-0.39, 0.29) is 16.8 Å². The average molecular weight is 268 g/mol. The van der Waals surface area contributed by atoms with Gasteiger partial charge in [0.05, 0.1) is 5.84 Å². The number of nitrogens with zero attached hydrogens (tertiary/aromatic N) is 1. The Kier molecular flexibility index (Phi) is 4.95. The number of aromatic amines is 1. The summed E-state index contributed by atoms with van der Waals surface area (Å²) in [5, 5.41) is 8.12. The van der Waals surface area contributed by atoms with Crippen LogP contribution in [0.5, 0.6) is 0 Å². The van der Waals surface area contributed by atoms with Crippen LogP contribution in [0.4, 0.5) is 0 Å². The normalized spacial score (nSPS) is 11.5. The van der Waals surface area contributed by atoms with Gasteiger partial charge in [0, 0.05) is 22.9 Å². The zero-order chi connectivity index (χ0) is 13.8. The summed E-state index contributed by atoms with van der Waals surface area (Å²) in [6, 6.07) is 1.48. The summed E-state index contributed by atoms with van der Waals surface area (Å²) >= 11 is 1.52. The van der Waals surface area contributed by atoms with Crippen molar-refractivity contribution in [2.45, 2.75) is 38.8 Å². The molecule has 0 saturated heterocycles. The van der Waals surface area contributed by atoms with E-state index >= 15 is 0 Å². The third kappa shape index (κ3) is 4.52. The van der Waals surface area contributed by atoms with Crippen LogP contribution in [-0.4, -0.2) is 21.6 Å². The molecule has 0 radical (unpaired) electrons. The Morgan fingerprint density at radius 2 is 2.28 bits per heavy atom. The first-order chi connectivity index (χ1) is 8.31. The molecule has 1 rings (SSSR count). The number of hydrogen-bond donors (Lipinski definition) is 3. The van der Waals surface area contributed by atoms with Crippen molar-refractivity contribution in [1.29, 1.82) is 5.41 Å². The molecule has 1 aromatic rings. The monoisotopic (exact) mass is 268 g/mol. The van der Waals surface area contributed by atoms with Crippen molar-refractivity contribution in [3.05, 3.63) is 22.1 Å². The van der Waals surface area contributed by atoms with Gasteiger partial charge in [-0.1, -0.05) is 25.6 Å². The molecule has 0 aliphatic carbocycles. The molecular formula is C12H20N4OS. The average Bonchev–Trinajstić information content (AvgIpc) is 2.23. The highest BCUT2D eigenvalue weighted by Crippen LogP contribution is 2.24. The number of thioether (sulfide) groups is 1. The maximum atomic E-state index is 11.2. The van der Waals surface area contributed by atoms with E-state index in [1.165, 1.54) is 17.8 Å². The SMILES string of the molecule is Cc1cc(=O)[nH]c(SCCCC(C)(C)C(=N)N)n1. The molecule has 0 bridgehead atoms. The third-order valence-electron chi connectivity index (χ3n) is 2.76. The van der Waals surface area contributed by atoms with Gasteiger partial charge in [0.25, 0.3) is 5.56 Å². The number of aromatic nitrogens is 2. The van der Waals surface area contributed by atoms with Crippen LogP contribution in [-0.2, 0) is 0 Å². The number of nitrogens with one attached hydrogen (secondary N) is 2. The largest absolute Gasteiger partial charge is 0.387 e. The van der Waals surface area contributed by atoms with E-state index in [9.17, 15) is 4.79 Å². The van der Waals surface area contributed by atoms with E-state index in [0.717, 1.165) is 24.3 Å². The topological polar surface area (TPSA) is 95.6 Å². The zero-order valence-electron chi connectivity index (χ0n) is 11.0. The molecule has 1 heterocycles. The highest BCUT2D eigenvalue weighted by molar-refractivity contribution is 7.99. The Morgan fingerprint density at radius 1 is 1.61 bits per heavy atom. The van der Waals surface area contributed by atoms with Crippen molar-refractivity contribution < 1.29 is 0 Å². The second-order valence-electron chi connectivity index (χ2n) is 4.94. The number of hydrogen-bond acceptors (Lipinski definition) is 4. The molecule has 18 heavy (non-hydrogen) atoms. The molecule has 0 fully saturated rings. The Morgan fingerprint density at radius 3 is 2.83 bits per heavy atom. The lowest BCUT2D eigenvalue weighted by molar-refractivity contribution is 0.464. The van der Waals surface area contributed by atoms with Gasteiger partial charge in [-0.2, -0.15) is 0 Å². The van der Waals surface area contributed by atoms with Crippen molar-refractivity contribution in [2.75, 3.05) is 5.75 Å². The summed E-state index contributed by atoms with van der Waals surface area (Å²) < 4.78 is 0. The van der Waals surface area contributed by atoms with Crippen LogP contribution >= 0.6 is 11.8 Å². The molecule has 0 saturated carbocycles. The molecule has 4 N–H and O–H groups in total. The van der Waals surface area contributed by atoms with E-state index < -0.39 is 0 Å². The minimum atomic E-state index is -0.256. The van der Waals surface area contributed by atoms with Gasteiger partial charge in [-0.05, 0) is 19.8 Å². The van der Waals surface area contributed by atoms with Crippen LogP contribution in [0.1, 0.15) is 32.4 Å². The van der Waals surface area contributed by atoms with Crippen LogP contribution in [0.25, 0.3) is 0 Å². The maximum Gasteiger partial charge on any atom is 0.251 e. The number of H-pyrrole nitrogens is 1. The van der Waals surface area contributed by atoms with Crippen LogP contribution < -0.4 is 11.3 Å². The van der Waals surface area contributed by atoms with Gasteiger partial charge in [0.15, 0.2) is 5.16 Å². The Hall–Kier alpha value is -1.30. The lowest BCUT2D eigenvalue weighted by Gasteiger charge is -2.22.